The minimum atomic E-state index is -3.14. The number of nitrogens with two attached hydrogens (primary N) is 1. The van der Waals surface area contributed by atoms with E-state index in [-0.39, 0.29) is 17.6 Å². The third-order valence-corrected chi connectivity index (χ3v) is 4.44. The van der Waals surface area contributed by atoms with Crippen LogP contribution in [0.3, 0.4) is 0 Å². The normalized spacial score (nSPS) is 24.6. The molecule has 0 radical (unpaired) electrons. The smallest absolute Gasteiger partial charge is 0.154 e. The Bertz CT molecular complexity index is 321. The Balaban J connectivity index is 2.52. The van der Waals surface area contributed by atoms with Gasteiger partial charge in [0, 0.05) is 18.6 Å². The molecule has 0 bridgehead atoms. The van der Waals surface area contributed by atoms with E-state index in [9.17, 15) is 8.42 Å². The first-order chi connectivity index (χ1) is 7.18. The fourth-order valence-electron chi connectivity index (χ4n) is 1.88. The zero-order valence-corrected chi connectivity index (χ0v) is 11.1. The van der Waals surface area contributed by atoms with E-state index in [1.54, 1.807) is 13.8 Å². The lowest BCUT2D eigenvalue weighted by atomic mass is 10.1. The van der Waals surface area contributed by atoms with Crippen LogP contribution in [0.2, 0.25) is 0 Å². The summed E-state index contributed by atoms with van der Waals surface area (Å²) >= 11 is 0. The van der Waals surface area contributed by atoms with Gasteiger partial charge in [0.15, 0.2) is 9.84 Å². The van der Waals surface area contributed by atoms with Gasteiger partial charge in [0.1, 0.15) is 0 Å². The molecule has 6 heteroatoms. The van der Waals surface area contributed by atoms with Gasteiger partial charge < -0.3 is 15.4 Å². The van der Waals surface area contributed by atoms with Crippen molar-refractivity contribution in [1.29, 1.82) is 0 Å². The Morgan fingerprint density at radius 1 is 1.50 bits per heavy atom. The predicted molar refractivity (Wildman–Crippen MR) is 64.2 cm³/mol. The SMILES string of the molecule is CN1CCOC(CS(=O)(=O)CC(C)(C)N)C1. The molecule has 96 valence electrons. The first-order valence-electron chi connectivity index (χ1n) is 5.47. The van der Waals surface area contributed by atoms with Crippen molar-refractivity contribution in [2.24, 2.45) is 5.73 Å². The highest BCUT2D eigenvalue weighted by Gasteiger charge is 2.28. The molecule has 1 atom stereocenters. The molecular weight excluding hydrogens is 228 g/mol. The Morgan fingerprint density at radius 2 is 2.12 bits per heavy atom. The molecule has 2 N–H and O–H groups in total. The van der Waals surface area contributed by atoms with E-state index in [0.717, 1.165) is 6.54 Å². The van der Waals surface area contributed by atoms with Crippen LogP contribution in [-0.4, -0.2) is 63.2 Å². The Morgan fingerprint density at radius 3 is 2.62 bits per heavy atom. The molecule has 0 aromatic carbocycles. The second-order valence-electron chi connectivity index (χ2n) is 5.30. The number of sulfone groups is 1. The van der Waals surface area contributed by atoms with Crippen LogP contribution < -0.4 is 5.73 Å². The van der Waals surface area contributed by atoms with Crippen LogP contribution in [0.25, 0.3) is 0 Å². The van der Waals surface area contributed by atoms with E-state index in [1.807, 2.05) is 7.05 Å². The highest BCUT2D eigenvalue weighted by molar-refractivity contribution is 7.91. The van der Waals surface area contributed by atoms with Crippen molar-refractivity contribution in [2.75, 3.05) is 38.2 Å². The predicted octanol–water partition coefficient (Wildman–Crippen LogP) is -0.531. The molecule has 1 fully saturated rings. The summed E-state index contributed by atoms with van der Waals surface area (Å²) in [6, 6.07) is 0. The summed E-state index contributed by atoms with van der Waals surface area (Å²) in [6.07, 6.45) is -0.217. The third kappa shape index (κ3) is 5.25. The average molecular weight is 250 g/mol. The highest BCUT2D eigenvalue weighted by Crippen LogP contribution is 2.10. The lowest BCUT2D eigenvalue weighted by molar-refractivity contribution is -0.00682. The van der Waals surface area contributed by atoms with Crippen molar-refractivity contribution in [3.05, 3.63) is 0 Å². The maximum atomic E-state index is 11.8. The van der Waals surface area contributed by atoms with E-state index in [2.05, 4.69) is 4.90 Å². The van der Waals surface area contributed by atoms with Crippen LogP contribution in [0, 0.1) is 0 Å². The van der Waals surface area contributed by atoms with Gasteiger partial charge in [-0.15, -0.1) is 0 Å². The van der Waals surface area contributed by atoms with Crippen molar-refractivity contribution in [3.63, 3.8) is 0 Å². The molecule has 16 heavy (non-hydrogen) atoms. The van der Waals surface area contributed by atoms with Gasteiger partial charge in [-0.05, 0) is 20.9 Å². The molecule has 0 aromatic rings. The second-order valence-corrected chi connectivity index (χ2v) is 7.41. The largest absolute Gasteiger partial charge is 0.375 e. The number of likely N-dealkylation sites (N-methyl/N-ethyl adjacent to an activating group) is 1. The van der Waals surface area contributed by atoms with Gasteiger partial charge in [-0.25, -0.2) is 8.42 Å². The molecule has 1 heterocycles. The molecule has 0 saturated carbocycles. The van der Waals surface area contributed by atoms with Crippen LogP contribution in [-0.2, 0) is 14.6 Å². The third-order valence-electron chi connectivity index (χ3n) is 2.37. The molecule has 1 saturated heterocycles. The molecule has 5 nitrogen and oxygen atoms in total. The molecule has 0 amide bonds. The van der Waals surface area contributed by atoms with E-state index in [1.165, 1.54) is 0 Å². The van der Waals surface area contributed by atoms with Gasteiger partial charge >= 0.3 is 0 Å². The Kier molecular flexibility index (Phi) is 4.34. The van der Waals surface area contributed by atoms with Crippen molar-refractivity contribution in [3.8, 4) is 0 Å². The van der Waals surface area contributed by atoms with Crippen LogP contribution in [0.1, 0.15) is 13.8 Å². The number of nitrogens with zero attached hydrogens (tertiary/aromatic N) is 1. The standard InChI is InChI=1S/C10H22N2O3S/c1-10(2,11)8-16(13,14)7-9-6-12(3)4-5-15-9/h9H,4-8,11H2,1-3H3. The fraction of sp³-hybridized carbons (Fsp3) is 1.00. The molecule has 1 unspecified atom stereocenters. The van der Waals surface area contributed by atoms with Crippen LogP contribution >= 0.6 is 0 Å². The maximum Gasteiger partial charge on any atom is 0.154 e. The second kappa shape index (κ2) is 5.00. The van der Waals surface area contributed by atoms with Gasteiger partial charge in [-0.2, -0.15) is 0 Å². The van der Waals surface area contributed by atoms with Crippen molar-refractivity contribution < 1.29 is 13.2 Å². The first-order valence-corrected chi connectivity index (χ1v) is 7.29. The minimum absolute atomic E-state index is 0.00355. The number of morpholine rings is 1. The van der Waals surface area contributed by atoms with Gasteiger partial charge in [0.25, 0.3) is 0 Å². The van der Waals surface area contributed by atoms with E-state index >= 15 is 0 Å². The Hall–Kier alpha value is -0.170. The van der Waals surface area contributed by atoms with Crippen molar-refractivity contribution >= 4 is 9.84 Å². The van der Waals surface area contributed by atoms with Crippen molar-refractivity contribution in [2.45, 2.75) is 25.5 Å². The van der Waals surface area contributed by atoms with Gasteiger partial charge in [-0.3, -0.25) is 0 Å². The molecule has 0 spiro atoms. The zero-order valence-electron chi connectivity index (χ0n) is 10.3. The quantitative estimate of drug-likeness (QED) is 0.726. The molecule has 0 aromatic heterocycles. The van der Waals surface area contributed by atoms with E-state index in [4.69, 9.17) is 10.5 Å². The number of hydrogen-bond acceptors (Lipinski definition) is 5. The topological polar surface area (TPSA) is 72.6 Å². The fourth-order valence-corrected chi connectivity index (χ4v) is 3.90. The molecule has 1 aliphatic rings. The summed E-state index contributed by atoms with van der Waals surface area (Å²) in [5.41, 5.74) is 5.04. The lowest BCUT2D eigenvalue weighted by Gasteiger charge is -2.30. The summed E-state index contributed by atoms with van der Waals surface area (Å²) in [5, 5.41) is 0. The summed E-state index contributed by atoms with van der Waals surface area (Å²) in [6.45, 7) is 5.57. The lowest BCUT2D eigenvalue weighted by Crippen LogP contribution is -2.46. The molecule has 1 rings (SSSR count). The summed E-state index contributed by atoms with van der Waals surface area (Å²) in [5.74, 6) is 0.0710. The number of rotatable bonds is 4. The van der Waals surface area contributed by atoms with Crippen LogP contribution in [0.15, 0.2) is 0 Å². The minimum Gasteiger partial charge on any atom is -0.375 e. The maximum absolute atomic E-state index is 11.8. The average Bonchev–Trinajstić information content (AvgIpc) is 1.96. The molecule has 0 aliphatic carbocycles. The van der Waals surface area contributed by atoms with Gasteiger partial charge in [0.05, 0.1) is 24.2 Å². The summed E-state index contributed by atoms with van der Waals surface area (Å²) < 4.78 is 29.1. The van der Waals surface area contributed by atoms with E-state index in [0.29, 0.717) is 13.2 Å². The number of ether oxygens (including phenoxy) is 1. The monoisotopic (exact) mass is 250 g/mol. The highest BCUT2D eigenvalue weighted by atomic mass is 32.2. The Labute approximate surface area is 97.9 Å². The van der Waals surface area contributed by atoms with Crippen LogP contribution in [0.4, 0.5) is 0 Å². The summed E-state index contributed by atoms with van der Waals surface area (Å²) in [7, 11) is -1.17. The van der Waals surface area contributed by atoms with Crippen LogP contribution in [0.5, 0.6) is 0 Å². The van der Waals surface area contributed by atoms with Crippen molar-refractivity contribution in [1.82, 2.24) is 4.90 Å². The summed E-state index contributed by atoms with van der Waals surface area (Å²) in [4.78, 5) is 2.08. The number of hydrogen-bond donors (Lipinski definition) is 1. The van der Waals surface area contributed by atoms with Gasteiger partial charge in [0.2, 0.25) is 0 Å². The zero-order chi connectivity index (χ0) is 12.4. The van der Waals surface area contributed by atoms with E-state index < -0.39 is 15.4 Å². The van der Waals surface area contributed by atoms with Gasteiger partial charge in [-0.1, -0.05) is 0 Å². The first kappa shape index (κ1) is 13.9. The molecular formula is C10H22N2O3S. The molecule has 1 aliphatic heterocycles.